The van der Waals surface area contributed by atoms with Crippen LogP contribution in [0.2, 0.25) is 0 Å². The lowest BCUT2D eigenvalue weighted by Crippen LogP contribution is -2.03. The van der Waals surface area contributed by atoms with Gasteiger partial charge in [0.1, 0.15) is 0 Å². The summed E-state index contributed by atoms with van der Waals surface area (Å²) in [5.41, 5.74) is 1.22. The van der Waals surface area contributed by atoms with Gasteiger partial charge >= 0.3 is 0 Å². The molecule has 0 aromatic carbocycles. The summed E-state index contributed by atoms with van der Waals surface area (Å²) in [4.78, 5) is 0. The van der Waals surface area contributed by atoms with Crippen LogP contribution in [0.1, 0.15) is 19.3 Å². The molecule has 1 nitrogen and oxygen atoms in total. The van der Waals surface area contributed by atoms with Crippen LogP contribution in [0.5, 0.6) is 0 Å². The van der Waals surface area contributed by atoms with Gasteiger partial charge in [-0.15, -0.1) is 6.58 Å². The lowest BCUT2D eigenvalue weighted by molar-refractivity contribution is 0.118. The first-order chi connectivity index (χ1) is 5.86. The van der Waals surface area contributed by atoms with E-state index in [1.165, 1.54) is 5.57 Å². The zero-order chi connectivity index (χ0) is 8.81. The monoisotopic (exact) mass is 164 g/mol. The van der Waals surface area contributed by atoms with Crippen molar-refractivity contribution in [2.75, 3.05) is 6.61 Å². The highest BCUT2D eigenvalue weighted by Gasteiger charge is 2.12. The third kappa shape index (κ3) is 2.67. The van der Waals surface area contributed by atoms with Gasteiger partial charge < -0.3 is 4.74 Å². The fourth-order valence-corrected chi connectivity index (χ4v) is 1.30. The molecule has 1 atom stereocenters. The maximum Gasteiger partial charge on any atom is 0.0767 e. The first-order valence-corrected chi connectivity index (χ1v) is 4.42. The minimum absolute atomic E-state index is 0.318. The Morgan fingerprint density at radius 3 is 3.00 bits per heavy atom. The van der Waals surface area contributed by atoms with E-state index < -0.39 is 0 Å². The molecule has 0 fully saturated rings. The van der Waals surface area contributed by atoms with Crippen LogP contribution in [-0.4, -0.2) is 12.7 Å². The van der Waals surface area contributed by atoms with E-state index in [4.69, 9.17) is 4.74 Å². The predicted octanol–water partition coefficient (Wildman–Crippen LogP) is 2.85. The molecule has 66 valence electrons. The molecule has 1 rings (SSSR count). The van der Waals surface area contributed by atoms with E-state index in [9.17, 15) is 0 Å². The molecule has 0 aromatic rings. The number of ether oxygens (including phenoxy) is 1. The molecule has 0 aromatic heterocycles. The van der Waals surface area contributed by atoms with Gasteiger partial charge in [0.15, 0.2) is 0 Å². The summed E-state index contributed by atoms with van der Waals surface area (Å²) in [6, 6.07) is 0. The predicted molar refractivity (Wildman–Crippen MR) is 52.1 cm³/mol. The molecule has 0 amide bonds. The van der Waals surface area contributed by atoms with Gasteiger partial charge in [0.05, 0.1) is 12.7 Å². The minimum atomic E-state index is 0.318. The van der Waals surface area contributed by atoms with Gasteiger partial charge in [-0.25, -0.2) is 0 Å². The Morgan fingerprint density at radius 2 is 2.42 bits per heavy atom. The topological polar surface area (TPSA) is 9.23 Å². The maximum atomic E-state index is 5.50. The molecule has 1 heterocycles. The molecular formula is C11H16O. The van der Waals surface area contributed by atoms with Crippen molar-refractivity contribution in [1.82, 2.24) is 0 Å². The largest absolute Gasteiger partial charge is 0.369 e. The van der Waals surface area contributed by atoms with Crippen LogP contribution >= 0.6 is 0 Å². The minimum Gasteiger partial charge on any atom is -0.369 e. The smallest absolute Gasteiger partial charge is 0.0767 e. The fraction of sp³-hybridized carbons (Fsp3) is 0.455. The first-order valence-electron chi connectivity index (χ1n) is 4.42. The molecule has 0 saturated carbocycles. The molecule has 0 bridgehead atoms. The van der Waals surface area contributed by atoms with E-state index in [-0.39, 0.29) is 0 Å². The Balaban J connectivity index is 2.22. The van der Waals surface area contributed by atoms with Crippen LogP contribution in [0, 0.1) is 0 Å². The zero-order valence-electron chi connectivity index (χ0n) is 7.46. The van der Waals surface area contributed by atoms with Gasteiger partial charge in [0.2, 0.25) is 0 Å². The quantitative estimate of drug-likeness (QED) is 0.448. The zero-order valence-corrected chi connectivity index (χ0v) is 7.46. The number of hydrogen-bond acceptors (Lipinski definition) is 1. The highest BCUT2D eigenvalue weighted by Crippen LogP contribution is 2.17. The van der Waals surface area contributed by atoms with Gasteiger partial charge in [0.25, 0.3) is 0 Å². The number of rotatable bonds is 5. The van der Waals surface area contributed by atoms with E-state index in [0.29, 0.717) is 6.10 Å². The number of allylic oxidation sites excluding steroid dienone is 1. The lowest BCUT2D eigenvalue weighted by Gasteiger charge is -2.05. The normalized spacial score (nSPS) is 22.0. The Hall–Kier alpha value is -0.820. The van der Waals surface area contributed by atoms with Crippen molar-refractivity contribution in [3.63, 3.8) is 0 Å². The van der Waals surface area contributed by atoms with Crippen LogP contribution in [0.3, 0.4) is 0 Å². The van der Waals surface area contributed by atoms with E-state index in [1.54, 1.807) is 0 Å². The third-order valence-corrected chi connectivity index (χ3v) is 2.02. The molecule has 1 aliphatic heterocycles. The van der Waals surface area contributed by atoms with Crippen LogP contribution < -0.4 is 0 Å². The summed E-state index contributed by atoms with van der Waals surface area (Å²) < 4.78 is 5.50. The van der Waals surface area contributed by atoms with Gasteiger partial charge in [-0.05, 0) is 24.8 Å². The Kier molecular flexibility index (Phi) is 3.81. The molecule has 0 N–H and O–H groups in total. The second-order valence-corrected chi connectivity index (χ2v) is 3.01. The molecule has 12 heavy (non-hydrogen) atoms. The highest BCUT2D eigenvalue weighted by molar-refractivity contribution is 5.21. The Morgan fingerprint density at radius 1 is 1.58 bits per heavy atom. The van der Waals surface area contributed by atoms with E-state index in [0.717, 1.165) is 25.9 Å². The average molecular weight is 164 g/mol. The standard InChI is InChI=1S/C11H16O/c1-3-5-6-7-11-8-10(4-2)9-12-11/h3-4,8,11H,1-2,5-7,9H2. The summed E-state index contributed by atoms with van der Waals surface area (Å²) in [5, 5.41) is 0. The molecule has 1 heteroatoms. The van der Waals surface area contributed by atoms with Crippen molar-refractivity contribution in [2.45, 2.75) is 25.4 Å². The maximum absolute atomic E-state index is 5.50. The summed E-state index contributed by atoms with van der Waals surface area (Å²) >= 11 is 0. The Labute approximate surface area is 74.4 Å². The second-order valence-electron chi connectivity index (χ2n) is 3.01. The van der Waals surface area contributed by atoms with E-state index in [1.807, 2.05) is 12.2 Å². The SMILES string of the molecule is C=CCCCC1C=C(C=C)CO1. The summed E-state index contributed by atoms with van der Waals surface area (Å²) in [7, 11) is 0. The van der Waals surface area contributed by atoms with Crippen molar-refractivity contribution in [2.24, 2.45) is 0 Å². The molecule has 0 aliphatic carbocycles. The van der Waals surface area contributed by atoms with Crippen LogP contribution in [0.4, 0.5) is 0 Å². The summed E-state index contributed by atoms with van der Waals surface area (Å²) in [6.45, 7) is 8.13. The fourth-order valence-electron chi connectivity index (χ4n) is 1.30. The van der Waals surface area contributed by atoms with Crippen molar-refractivity contribution >= 4 is 0 Å². The second kappa shape index (κ2) is 4.94. The molecule has 1 aliphatic rings. The van der Waals surface area contributed by atoms with Gasteiger partial charge in [-0.3, -0.25) is 0 Å². The van der Waals surface area contributed by atoms with Crippen LogP contribution in [-0.2, 0) is 4.74 Å². The number of unbranched alkanes of at least 4 members (excludes halogenated alkanes) is 1. The van der Waals surface area contributed by atoms with Crippen molar-refractivity contribution in [3.05, 3.63) is 37.0 Å². The molecule has 0 spiro atoms. The third-order valence-electron chi connectivity index (χ3n) is 2.02. The van der Waals surface area contributed by atoms with E-state index in [2.05, 4.69) is 19.2 Å². The van der Waals surface area contributed by atoms with Crippen LogP contribution in [0.15, 0.2) is 37.0 Å². The number of hydrogen-bond donors (Lipinski definition) is 0. The molecular weight excluding hydrogens is 148 g/mol. The average Bonchev–Trinajstić information content (AvgIpc) is 2.53. The van der Waals surface area contributed by atoms with Crippen molar-refractivity contribution < 1.29 is 4.74 Å². The van der Waals surface area contributed by atoms with Crippen LogP contribution in [0.25, 0.3) is 0 Å². The van der Waals surface area contributed by atoms with Gasteiger partial charge in [-0.1, -0.05) is 24.8 Å². The van der Waals surface area contributed by atoms with Gasteiger partial charge in [-0.2, -0.15) is 0 Å². The lowest BCUT2D eigenvalue weighted by atomic mass is 10.1. The molecule has 0 saturated heterocycles. The summed E-state index contributed by atoms with van der Waals surface area (Å²) in [6.07, 6.45) is 9.64. The highest BCUT2D eigenvalue weighted by atomic mass is 16.5. The Bertz CT molecular complexity index is 191. The van der Waals surface area contributed by atoms with Gasteiger partial charge in [0, 0.05) is 0 Å². The first kappa shape index (κ1) is 9.27. The van der Waals surface area contributed by atoms with Crippen molar-refractivity contribution in [3.8, 4) is 0 Å². The molecule has 1 unspecified atom stereocenters. The summed E-state index contributed by atoms with van der Waals surface area (Å²) in [5.74, 6) is 0. The van der Waals surface area contributed by atoms with E-state index >= 15 is 0 Å². The van der Waals surface area contributed by atoms with Crippen molar-refractivity contribution in [1.29, 1.82) is 0 Å². The molecule has 0 radical (unpaired) electrons.